The van der Waals surface area contributed by atoms with Crippen molar-refractivity contribution in [2.45, 2.75) is 6.92 Å². The SMILES string of the molecule is Cc1c(-c2cc3sc(-c4sc5c(sc6ccccc65)c4I)cc3s2)sc2c1sc1ccccc12. The molecular weight excluding hydrogens is 644 g/mol. The molecule has 0 radical (unpaired) electrons. The summed E-state index contributed by atoms with van der Waals surface area (Å²) in [7, 11) is 0. The average Bonchev–Trinajstić information content (AvgIpc) is 3.65. The van der Waals surface area contributed by atoms with E-state index < -0.39 is 0 Å². The molecule has 6 heterocycles. The number of thiophene rings is 6. The third-order valence-electron chi connectivity index (χ3n) is 6.24. The van der Waals surface area contributed by atoms with Crippen molar-refractivity contribution in [2.75, 3.05) is 0 Å². The van der Waals surface area contributed by atoms with Crippen LogP contribution in [0.1, 0.15) is 5.56 Å². The van der Waals surface area contributed by atoms with Crippen molar-refractivity contribution in [1.29, 1.82) is 0 Å². The molecule has 0 N–H and O–H groups in total. The third kappa shape index (κ3) is 2.89. The lowest BCUT2D eigenvalue weighted by Crippen LogP contribution is -1.69. The summed E-state index contributed by atoms with van der Waals surface area (Å²) in [4.78, 5) is 5.70. The lowest BCUT2D eigenvalue weighted by molar-refractivity contribution is 1.62. The lowest BCUT2D eigenvalue weighted by atomic mass is 10.2. The minimum Gasteiger partial charge on any atom is -0.134 e. The van der Waals surface area contributed by atoms with Gasteiger partial charge < -0.3 is 0 Å². The van der Waals surface area contributed by atoms with Crippen LogP contribution in [-0.4, -0.2) is 0 Å². The van der Waals surface area contributed by atoms with Crippen LogP contribution < -0.4 is 0 Å². The van der Waals surface area contributed by atoms with Crippen LogP contribution in [0.3, 0.4) is 0 Å². The topological polar surface area (TPSA) is 0 Å². The van der Waals surface area contributed by atoms with Gasteiger partial charge in [0.15, 0.2) is 0 Å². The van der Waals surface area contributed by atoms with Gasteiger partial charge in [0.25, 0.3) is 0 Å². The van der Waals surface area contributed by atoms with Gasteiger partial charge in [-0.15, -0.1) is 68.0 Å². The van der Waals surface area contributed by atoms with E-state index in [0.717, 1.165) is 0 Å². The molecule has 0 aliphatic carbocycles. The Morgan fingerprint density at radius 2 is 1.06 bits per heavy atom. The molecule has 0 saturated carbocycles. The van der Waals surface area contributed by atoms with Crippen LogP contribution in [0.25, 0.3) is 67.9 Å². The Morgan fingerprint density at radius 1 is 0.529 bits per heavy atom. The molecule has 164 valence electrons. The largest absolute Gasteiger partial charge is 0.134 e. The molecule has 0 spiro atoms. The molecule has 6 aromatic heterocycles. The second-order valence-corrected chi connectivity index (χ2v) is 15.7. The molecule has 8 aromatic rings. The highest BCUT2D eigenvalue weighted by Crippen LogP contribution is 2.52. The maximum atomic E-state index is 2.56. The molecule has 0 bridgehead atoms. The van der Waals surface area contributed by atoms with Crippen LogP contribution in [0.4, 0.5) is 0 Å². The maximum Gasteiger partial charge on any atom is 0.0603 e. The van der Waals surface area contributed by atoms with E-state index in [1.807, 2.05) is 68.0 Å². The fraction of sp³-hybridized carbons (Fsp3) is 0.0370. The Morgan fingerprint density at radius 3 is 1.74 bits per heavy atom. The zero-order valence-corrected chi connectivity index (χ0v) is 24.7. The molecule has 0 aliphatic rings. The third-order valence-corrected chi connectivity index (χ3v) is 16.0. The first-order chi connectivity index (χ1) is 16.7. The van der Waals surface area contributed by atoms with Crippen molar-refractivity contribution in [2.24, 2.45) is 0 Å². The van der Waals surface area contributed by atoms with E-state index in [1.54, 1.807) is 0 Å². The zero-order chi connectivity index (χ0) is 22.6. The Balaban J connectivity index is 1.24. The fourth-order valence-electron chi connectivity index (χ4n) is 4.62. The Bertz CT molecular complexity index is 1870. The number of halogens is 1. The van der Waals surface area contributed by atoms with Gasteiger partial charge in [-0.3, -0.25) is 0 Å². The highest BCUT2D eigenvalue weighted by molar-refractivity contribution is 14.1. The van der Waals surface area contributed by atoms with Crippen LogP contribution in [0.2, 0.25) is 0 Å². The van der Waals surface area contributed by atoms with Crippen molar-refractivity contribution in [3.05, 3.63) is 69.8 Å². The average molecular weight is 657 g/mol. The van der Waals surface area contributed by atoms with Gasteiger partial charge in [-0.2, -0.15) is 0 Å². The highest BCUT2D eigenvalue weighted by Gasteiger charge is 2.21. The summed E-state index contributed by atoms with van der Waals surface area (Å²) in [5, 5.41) is 2.81. The van der Waals surface area contributed by atoms with Crippen molar-refractivity contribution < 1.29 is 0 Å². The molecule has 0 unspecified atom stereocenters. The molecule has 0 aliphatic heterocycles. The van der Waals surface area contributed by atoms with Crippen molar-refractivity contribution in [1.82, 2.24) is 0 Å². The summed E-state index contributed by atoms with van der Waals surface area (Å²) in [5.74, 6) is 0. The van der Waals surface area contributed by atoms with Crippen LogP contribution in [0.5, 0.6) is 0 Å². The first-order valence-electron chi connectivity index (χ1n) is 10.7. The molecule has 0 nitrogen and oxygen atoms in total. The lowest BCUT2D eigenvalue weighted by Gasteiger charge is -1.96. The van der Waals surface area contributed by atoms with Gasteiger partial charge in [-0.1, -0.05) is 36.4 Å². The van der Waals surface area contributed by atoms with Gasteiger partial charge in [0, 0.05) is 48.9 Å². The van der Waals surface area contributed by atoms with Gasteiger partial charge in [-0.05, 0) is 59.3 Å². The summed E-state index contributed by atoms with van der Waals surface area (Å²) in [6, 6.07) is 22.5. The summed E-state index contributed by atoms with van der Waals surface area (Å²) >= 11 is 14.3. The molecular formula is C27H13IS6. The molecule has 2 aromatic carbocycles. The Kier molecular flexibility index (Phi) is 4.65. The first kappa shape index (κ1) is 20.8. The smallest absolute Gasteiger partial charge is 0.0603 e. The van der Waals surface area contributed by atoms with E-state index in [9.17, 15) is 0 Å². The summed E-state index contributed by atoms with van der Waals surface area (Å²) in [6.07, 6.45) is 0. The zero-order valence-electron chi connectivity index (χ0n) is 17.6. The second-order valence-electron chi connectivity index (χ2n) is 8.26. The van der Waals surface area contributed by atoms with Gasteiger partial charge in [0.05, 0.1) is 22.5 Å². The van der Waals surface area contributed by atoms with Gasteiger partial charge in [-0.25, -0.2) is 0 Å². The van der Waals surface area contributed by atoms with E-state index in [0.29, 0.717) is 0 Å². The van der Waals surface area contributed by atoms with Crippen LogP contribution in [0.15, 0.2) is 60.7 Å². The molecule has 7 heteroatoms. The molecule has 0 saturated heterocycles. The molecule has 0 amide bonds. The summed E-state index contributed by atoms with van der Waals surface area (Å²) < 4.78 is 12.8. The Hall–Kier alpha value is -1.33. The van der Waals surface area contributed by atoms with E-state index in [2.05, 4.69) is 90.2 Å². The van der Waals surface area contributed by atoms with Gasteiger partial charge in [0.2, 0.25) is 0 Å². The summed E-state index contributed by atoms with van der Waals surface area (Å²) in [6.45, 7) is 2.30. The van der Waals surface area contributed by atoms with Crippen molar-refractivity contribution in [3.8, 4) is 19.5 Å². The second kappa shape index (κ2) is 7.59. The molecule has 0 fully saturated rings. The van der Waals surface area contributed by atoms with E-state index >= 15 is 0 Å². The van der Waals surface area contributed by atoms with Gasteiger partial charge in [0.1, 0.15) is 0 Å². The van der Waals surface area contributed by atoms with Crippen LogP contribution in [-0.2, 0) is 0 Å². The number of fused-ring (bicyclic) bond motifs is 7. The van der Waals surface area contributed by atoms with E-state index in [-0.39, 0.29) is 0 Å². The number of benzene rings is 2. The van der Waals surface area contributed by atoms with Gasteiger partial charge >= 0.3 is 0 Å². The standard InChI is InChI=1S/C27H13IS6/c1-12-22(33-24-13-6-2-4-8-15(13)31-23(12)24)19-10-17-18(29-19)11-20(30-17)26-21(28)27-25(34-26)14-7-3-5-9-16(14)32-27/h2-11H,1H3. The quantitative estimate of drug-likeness (QED) is 0.163. The van der Waals surface area contributed by atoms with Crippen molar-refractivity contribution in [3.63, 3.8) is 0 Å². The monoisotopic (exact) mass is 656 g/mol. The predicted octanol–water partition coefficient (Wildman–Crippen LogP) is 12.1. The molecule has 34 heavy (non-hydrogen) atoms. The Labute approximate surface area is 232 Å². The maximum absolute atomic E-state index is 2.56. The molecule has 0 atom stereocenters. The van der Waals surface area contributed by atoms with Crippen LogP contribution in [0, 0.1) is 10.5 Å². The summed E-state index contributed by atoms with van der Waals surface area (Å²) in [5.41, 5.74) is 1.44. The number of hydrogen-bond donors (Lipinski definition) is 0. The highest BCUT2D eigenvalue weighted by atomic mass is 127. The minimum absolute atomic E-state index is 1.39. The molecule has 8 rings (SSSR count). The number of rotatable bonds is 2. The van der Waals surface area contributed by atoms with Crippen molar-refractivity contribution >= 4 is 139 Å². The number of hydrogen-bond acceptors (Lipinski definition) is 6. The first-order valence-corrected chi connectivity index (χ1v) is 16.7. The fourth-order valence-corrected chi connectivity index (χ4v) is 14.1. The number of aryl methyl sites for hydroxylation is 1. The predicted molar refractivity (Wildman–Crippen MR) is 170 cm³/mol. The normalized spacial score (nSPS) is 12.4. The van der Waals surface area contributed by atoms with E-state index in [1.165, 1.54) is 77.0 Å². The van der Waals surface area contributed by atoms with Crippen LogP contribution >= 0.6 is 90.6 Å². The van der Waals surface area contributed by atoms with E-state index in [4.69, 9.17) is 0 Å². The minimum atomic E-state index is 1.39.